The Hall–Kier alpha value is -0.610. The number of hydrogen-bond donors (Lipinski definition) is 1. The summed E-state index contributed by atoms with van der Waals surface area (Å²) >= 11 is 0. The second-order valence-corrected chi connectivity index (χ2v) is 3.91. The third-order valence-electron chi connectivity index (χ3n) is 2.42. The molecule has 4 nitrogen and oxygen atoms in total. The van der Waals surface area contributed by atoms with Gasteiger partial charge in [0.1, 0.15) is 6.61 Å². The van der Waals surface area contributed by atoms with Gasteiger partial charge in [0, 0.05) is 19.1 Å². The Kier molecular flexibility index (Phi) is 4.90. The molecule has 0 radical (unpaired) electrons. The van der Waals surface area contributed by atoms with Gasteiger partial charge in [0.2, 0.25) is 5.91 Å². The van der Waals surface area contributed by atoms with E-state index in [0.717, 1.165) is 32.4 Å². The van der Waals surface area contributed by atoms with Crippen molar-refractivity contribution in [3.05, 3.63) is 0 Å². The number of morpholine rings is 1. The molecular weight excluding hydrogens is 180 g/mol. The SMILES string of the molecule is CC(N)CCCCN1CCOCC1=O. The molecule has 1 aliphatic rings. The van der Waals surface area contributed by atoms with E-state index in [1.54, 1.807) is 0 Å². The summed E-state index contributed by atoms with van der Waals surface area (Å²) in [6.45, 7) is 4.55. The maximum atomic E-state index is 11.3. The number of amides is 1. The van der Waals surface area contributed by atoms with Gasteiger partial charge in [-0.05, 0) is 19.8 Å². The Morgan fingerprint density at radius 1 is 1.57 bits per heavy atom. The third kappa shape index (κ3) is 4.07. The number of ether oxygens (including phenoxy) is 1. The Morgan fingerprint density at radius 2 is 2.36 bits per heavy atom. The number of nitrogens with zero attached hydrogens (tertiary/aromatic N) is 1. The molecule has 2 N–H and O–H groups in total. The van der Waals surface area contributed by atoms with Gasteiger partial charge in [-0.2, -0.15) is 0 Å². The van der Waals surface area contributed by atoms with Crippen LogP contribution in [0.1, 0.15) is 26.2 Å². The van der Waals surface area contributed by atoms with E-state index in [9.17, 15) is 4.79 Å². The highest BCUT2D eigenvalue weighted by Crippen LogP contribution is 2.04. The van der Waals surface area contributed by atoms with Gasteiger partial charge in [-0.15, -0.1) is 0 Å². The Balaban J connectivity index is 2.07. The fourth-order valence-electron chi connectivity index (χ4n) is 1.56. The lowest BCUT2D eigenvalue weighted by atomic mass is 10.1. The van der Waals surface area contributed by atoms with Crippen LogP contribution in [-0.2, 0) is 9.53 Å². The maximum absolute atomic E-state index is 11.3. The van der Waals surface area contributed by atoms with Gasteiger partial charge >= 0.3 is 0 Å². The molecule has 0 aromatic rings. The summed E-state index contributed by atoms with van der Waals surface area (Å²) in [7, 11) is 0. The highest BCUT2D eigenvalue weighted by molar-refractivity contribution is 5.77. The second-order valence-electron chi connectivity index (χ2n) is 3.91. The molecule has 1 amide bonds. The summed E-state index contributed by atoms with van der Waals surface area (Å²) in [5, 5.41) is 0. The van der Waals surface area contributed by atoms with E-state index in [0.29, 0.717) is 6.61 Å². The monoisotopic (exact) mass is 200 g/mol. The number of carbonyl (C=O) groups excluding carboxylic acids is 1. The molecule has 82 valence electrons. The Labute approximate surface area is 85.4 Å². The van der Waals surface area contributed by atoms with Crippen LogP contribution in [0.3, 0.4) is 0 Å². The lowest BCUT2D eigenvalue weighted by Gasteiger charge is -2.26. The number of hydrogen-bond acceptors (Lipinski definition) is 3. The van der Waals surface area contributed by atoms with Gasteiger partial charge in [0.05, 0.1) is 6.61 Å². The molecule has 1 saturated heterocycles. The minimum Gasteiger partial charge on any atom is -0.370 e. The molecule has 0 aromatic carbocycles. The van der Waals surface area contributed by atoms with E-state index in [2.05, 4.69) is 0 Å². The minimum absolute atomic E-state index is 0.122. The quantitative estimate of drug-likeness (QED) is 0.652. The number of carbonyl (C=O) groups is 1. The van der Waals surface area contributed by atoms with Gasteiger partial charge in [-0.25, -0.2) is 0 Å². The van der Waals surface area contributed by atoms with Crippen molar-refractivity contribution in [1.29, 1.82) is 0 Å². The van der Waals surface area contributed by atoms with E-state index in [1.165, 1.54) is 0 Å². The van der Waals surface area contributed by atoms with Crippen LogP contribution in [0.2, 0.25) is 0 Å². The molecule has 1 aliphatic heterocycles. The third-order valence-corrected chi connectivity index (χ3v) is 2.42. The fraction of sp³-hybridized carbons (Fsp3) is 0.900. The van der Waals surface area contributed by atoms with Gasteiger partial charge in [-0.1, -0.05) is 6.42 Å². The Morgan fingerprint density at radius 3 is 3.00 bits per heavy atom. The zero-order valence-corrected chi connectivity index (χ0v) is 8.87. The largest absolute Gasteiger partial charge is 0.370 e. The van der Waals surface area contributed by atoms with Crippen molar-refractivity contribution < 1.29 is 9.53 Å². The smallest absolute Gasteiger partial charge is 0.248 e. The van der Waals surface area contributed by atoms with Crippen molar-refractivity contribution in [3.8, 4) is 0 Å². The summed E-state index contributed by atoms with van der Waals surface area (Å²) < 4.78 is 5.05. The number of rotatable bonds is 5. The minimum atomic E-state index is 0.122. The lowest BCUT2D eigenvalue weighted by molar-refractivity contribution is -0.142. The molecule has 0 aromatic heterocycles. The van der Waals surface area contributed by atoms with E-state index < -0.39 is 0 Å². The average Bonchev–Trinajstić information content (AvgIpc) is 2.15. The van der Waals surface area contributed by atoms with Crippen molar-refractivity contribution in [1.82, 2.24) is 4.90 Å². The lowest BCUT2D eigenvalue weighted by Crippen LogP contribution is -2.42. The molecule has 1 rings (SSSR count). The van der Waals surface area contributed by atoms with Gasteiger partial charge in [-0.3, -0.25) is 4.79 Å². The molecule has 1 heterocycles. The van der Waals surface area contributed by atoms with E-state index in [-0.39, 0.29) is 18.6 Å². The van der Waals surface area contributed by atoms with E-state index >= 15 is 0 Å². The van der Waals surface area contributed by atoms with Crippen molar-refractivity contribution in [3.63, 3.8) is 0 Å². The molecular formula is C10H20N2O2. The van der Waals surface area contributed by atoms with Gasteiger partial charge in [0.25, 0.3) is 0 Å². The second kappa shape index (κ2) is 5.98. The normalized spacial score (nSPS) is 19.9. The topological polar surface area (TPSA) is 55.6 Å². The summed E-state index contributed by atoms with van der Waals surface area (Å²) in [6.07, 6.45) is 3.19. The van der Waals surface area contributed by atoms with E-state index in [4.69, 9.17) is 10.5 Å². The molecule has 0 spiro atoms. The van der Waals surface area contributed by atoms with Crippen LogP contribution in [0.4, 0.5) is 0 Å². The van der Waals surface area contributed by atoms with Crippen LogP contribution in [0.15, 0.2) is 0 Å². The van der Waals surface area contributed by atoms with Crippen LogP contribution < -0.4 is 5.73 Å². The maximum Gasteiger partial charge on any atom is 0.248 e. The zero-order valence-electron chi connectivity index (χ0n) is 8.87. The van der Waals surface area contributed by atoms with Crippen LogP contribution in [0.5, 0.6) is 0 Å². The average molecular weight is 200 g/mol. The summed E-state index contributed by atoms with van der Waals surface area (Å²) in [6, 6.07) is 0.274. The summed E-state index contributed by atoms with van der Waals surface area (Å²) in [5.74, 6) is 0.122. The molecule has 4 heteroatoms. The van der Waals surface area contributed by atoms with Crippen molar-refractivity contribution in [2.45, 2.75) is 32.2 Å². The first-order valence-corrected chi connectivity index (χ1v) is 5.31. The molecule has 0 bridgehead atoms. The first-order chi connectivity index (χ1) is 6.70. The first-order valence-electron chi connectivity index (χ1n) is 5.31. The zero-order chi connectivity index (χ0) is 10.4. The highest BCUT2D eigenvalue weighted by atomic mass is 16.5. The predicted octanol–water partition coefficient (Wildman–Crippen LogP) is 0.363. The summed E-state index contributed by atoms with van der Waals surface area (Å²) in [5.41, 5.74) is 5.64. The highest BCUT2D eigenvalue weighted by Gasteiger charge is 2.17. The fourth-order valence-corrected chi connectivity index (χ4v) is 1.56. The van der Waals surface area contributed by atoms with Crippen molar-refractivity contribution >= 4 is 5.91 Å². The van der Waals surface area contributed by atoms with Crippen LogP contribution >= 0.6 is 0 Å². The molecule has 1 unspecified atom stereocenters. The molecule has 1 fully saturated rings. The number of nitrogens with two attached hydrogens (primary N) is 1. The predicted molar refractivity (Wildman–Crippen MR) is 54.9 cm³/mol. The van der Waals surface area contributed by atoms with Gasteiger partial charge < -0.3 is 15.4 Å². The molecule has 0 saturated carbocycles. The van der Waals surface area contributed by atoms with Crippen LogP contribution in [0.25, 0.3) is 0 Å². The number of unbranched alkanes of at least 4 members (excludes halogenated alkanes) is 1. The summed E-state index contributed by atoms with van der Waals surface area (Å²) in [4.78, 5) is 13.2. The molecule has 0 aliphatic carbocycles. The standard InChI is InChI=1S/C10H20N2O2/c1-9(11)4-2-3-5-12-6-7-14-8-10(12)13/h9H,2-8,11H2,1H3. The molecule has 14 heavy (non-hydrogen) atoms. The van der Waals surface area contributed by atoms with Crippen molar-refractivity contribution in [2.75, 3.05) is 26.3 Å². The van der Waals surface area contributed by atoms with Crippen LogP contribution in [-0.4, -0.2) is 43.2 Å². The molecule has 1 atom stereocenters. The Bertz CT molecular complexity index is 183. The first kappa shape index (κ1) is 11.5. The van der Waals surface area contributed by atoms with Crippen molar-refractivity contribution in [2.24, 2.45) is 5.73 Å². The van der Waals surface area contributed by atoms with Crippen LogP contribution in [0, 0.1) is 0 Å². The van der Waals surface area contributed by atoms with Gasteiger partial charge in [0.15, 0.2) is 0 Å². The van der Waals surface area contributed by atoms with E-state index in [1.807, 2.05) is 11.8 Å².